The summed E-state index contributed by atoms with van der Waals surface area (Å²) in [6.45, 7) is 1.66. The van der Waals surface area contributed by atoms with Crippen LogP contribution in [0.15, 0.2) is 36.4 Å². The van der Waals surface area contributed by atoms with Crippen LogP contribution < -0.4 is 10.0 Å². The van der Waals surface area contributed by atoms with Crippen molar-refractivity contribution in [1.82, 2.24) is 0 Å². The zero-order valence-corrected chi connectivity index (χ0v) is 14.7. The van der Waals surface area contributed by atoms with Crippen molar-refractivity contribution < 1.29 is 13.2 Å². The van der Waals surface area contributed by atoms with Gasteiger partial charge in [-0.3, -0.25) is 9.52 Å². The molecule has 0 aliphatic carbocycles. The maximum absolute atomic E-state index is 12.4. The van der Waals surface area contributed by atoms with Gasteiger partial charge in [-0.2, -0.15) is 0 Å². The van der Waals surface area contributed by atoms with E-state index in [1.807, 2.05) is 0 Å². The molecule has 2 N–H and O–H groups in total. The second-order valence-corrected chi connectivity index (χ2v) is 7.59. The molecule has 0 aromatic heterocycles. The highest BCUT2D eigenvalue weighted by Crippen LogP contribution is 2.24. The van der Waals surface area contributed by atoms with Gasteiger partial charge in [-0.25, -0.2) is 8.42 Å². The Morgan fingerprint density at radius 2 is 1.70 bits per heavy atom. The third-order valence-corrected chi connectivity index (χ3v) is 4.02. The Hall–Kier alpha value is -1.76. The predicted molar refractivity (Wildman–Crippen MR) is 94.1 cm³/mol. The number of rotatable bonds is 4. The number of carbonyl (C=O) groups excluding carboxylic acids is 1. The summed E-state index contributed by atoms with van der Waals surface area (Å²) in [5.41, 5.74) is 1.66. The highest BCUT2D eigenvalue weighted by Gasteiger charge is 2.14. The first-order valence-corrected chi connectivity index (χ1v) is 9.15. The van der Waals surface area contributed by atoms with Crippen molar-refractivity contribution in [3.05, 3.63) is 57.6 Å². The van der Waals surface area contributed by atoms with E-state index in [0.717, 1.165) is 6.26 Å². The van der Waals surface area contributed by atoms with Gasteiger partial charge in [0.05, 0.1) is 11.9 Å². The van der Waals surface area contributed by atoms with Crippen molar-refractivity contribution >= 4 is 50.5 Å². The Balaban J connectivity index is 2.31. The topological polar surface area (TPSA) is 75.3 Å². The number of nitrogens with one attached hydrogen (secondary N) is 2. The Bertz CT molecular complexity index is 847. The first-order chi connectivity index (χ1) is 10.7. The van der Waals surface area contributed by atoms with E-state index < -0.39 is 15.9 Å². The first kappa shape index (κ1) is 17.6. The molecule has 0 bridgehead atoms. The maximum atomic E-state index is 12.4. The lowest BCUT2D eigenvalue weighted by molar-refractivity contribution is 0.102. The van der Waals surface area contributed by atoms with E-state index in [9.17, 15) is 13.2 Å². The molecule has 0 radical (unpaired) electrons. The SMILES string of the molecule is Cc1c(NS(C)(=O)=O)cccc1C(=O)Nc1cc(Cl)cc(Cl)c1. The van der Waals surface area contributed by atoms with Gasteiger partial charge in [-0.05, 0) is 42.8 Å². The largest absolute Gasteiger partial charge is 0.322 e. The molecule has 122 valence electrons. The van der Waals surface area contributed by atoms with Crippen LogP contribution in [0.25, 0.3) is 0 Å². The summed E-state index contributed by atoms with van der Waals surface area (Å²) in [4.78, 5) is 12.4. The van der Waals surface area contributed by atoms with Crippen molar-refractivity contribution in [1.29, 1.82) is 0 Å². The van der Waals surface area contributed by atoms with E-state index >= 15 is 0 Å². The van der Waals surface area contributed by atoms with Crippen LogP contribution in [0.4, 0.5) is 11.4 Å². The molecular formula is C15H14Cl2N2O3S. The maximum Gasteiger partial charge on any atom is 0.256 e. The third-order valence-electron chi connectivity index (χ3n) is 2.99. The van der Waals surface area contributed by atoms with Gasteiger partial charge in [0, 0.05) is 21.3 Å². The summed E-state index contributed by atoms with van der Waals surface area (Å²) in [6.07, 6.45) is 1.05. The van der Waals surface area contributed by atoms with Crippen LogP contribution >= 0.6 is 23.2 Å². The Kier molecular flexibility index (Phi) is 5.19. The van der Waals surface area contributed by atoms with Gasteiger partial charge >= 0.3 is 0 Å². The molecule has 1 amide bonds. The van der Waals surface area contributed by atoms with E-state index in [0.29, 0.717) is 32.5 Å². The minimum absolute atomic E-state index is 0.342. The fraction of sp³-hybridized carbons (Fsp3) is 0.133. The third kappa shape index (κ3) is 4.86. The first-order valence-electron chi connectivity index (χ1n) is 6.50. The smallest absolute Gasteiger partial charge is 0.256 e. The molecule has 0 spiro atoms. The Morgan fingerprint density at radius 3 is 2.26 bits per heavy atom. The lowest BCUT2D eigenvalue weighted by Gasteiger charge is -2.12. The van der Waals surface area contributed by atoms with Crippen molar-refractivity contribution in [3.63, 3.8) is 0 Å². The fourth-order valence-electron chi connectivity index (χ4n) is 2.02. The van der Waals surface area contributed by atoms with Gasteiger partial charge in [-0.1, -0.05) is 29.3 Å². The van der Waals surface area contributed by atoms with Gasteiger partial charge in [-0.15, -0.1) is 0 Å². The second-order valence-electron chi connectivity index (χ2n) is 4.96. The van der Waals surface area contributed by atoms with Crippen molar-refractivity contribution in [2.75, 3.05) is 16.3 Å². The van der Waals surface area contributed by atoms with E-state index in [2.05, 4.69) is 10.0 Å². The number of amides is 1. The molecule has 23 heavy (non-hydrogen) atoms. The number of carbonyl (C=O) groups is 1. The molecule has 0 aliphatic heterocycles. The molecule has 2 aromatic carbocycles. The average molecular weight is 373 g/mol. The molecule has 5 nitrogen and oxygen atoms in total. The average Bonchev–Trinajstić information content (AvgIpc) is 2.38. The molecule has 0 saturated carbocycles. The van der Waals surface area contributed by atoms with E-state index in [-0.39, 0.29) is 0 Å². The summed E-state index contributed by atoms with van der Waals surface area (Å²) in [5, 5.41) is 3.49. The highest BCUT2D eigenvalue weighted by atomic mass is 35.5. The normalized spacial score (nSPS) is 11.1. The minimum atomic E-state index is -3.43. The van der Waals surface area contributed by atoms with Crippen LogP contribution in [0.1, 0.15) is 15.9 Å². The quantitative estimate of drug-likeness (QED) is 0.853. The number of benzene rings is 2. The monoisotopic (exact) mass is 372 g/mol. The molecule has 2 rings (SSSR count). The zero-order valence-electron chi connectivity index (χ0n) is 12.4. The number of sulfonamides is 1. The number of halogens is 2. The Labute approximate surface area is 144 Å². The van der Waals surface area contributed by atoms with Crippen molar-refractivity contribution in [2.45, 2.75) is 6.92 Å². The second kappa shape index (κ2) is 6.78. The van der Waals surface area contributed by atoms with Gasteiger partial charge in [0.15, 0.2) is 0 Å². The standard InChI is InChI=1S/C15H14Cl2N2O3S/c1-9-13(4-3-5-14(9)19-23(2,21)22)15(20)18-12-7-10(16)6-11(17)8-12/h3-8,19H,1-2H3,(H,18,20). The lowest BCUT2D eigenvalue weighted by atomic mass is 10.1. The fourth-order valence-corrected chi connectivity index (χ4v) is 3.16. The molecule has 0 atom stereocenters. The number of hydrogen-bond donors (Lipinski definition) is 2. The minimum Gasteiger partial charge on any atom is -0.322 e. The summed E-state index contributed by atoms with van der Waals surface area (Å²) < 4.78 is 25.1. The van der Waals surface area contributed by atoms with Crippen molar-refractivity contribution in [2.24, 2.45) is 0 Å². The van der Waals surface area contributed by atoms with Gasteiger partial charge in [0.2, 0.25) is 10.0 Å². The van der Waals surface area contributed by atoms with E-state index in [1.165, 1.54) is 0 Å². The Morgan fingerprint density at radius 1 is 1.09 bits per heavy atom. The molecule has 0 saturated heterocycles. The molecule has 0 aliphatic rings. The van der Waals surface area contributed by atoms with Gasteiger partial charge in [0.1, 0.15) is 0 Å². The molecular weight excluding hydrogens is 359 g/mol. The lowest BCUT2D eigenvalue weighted by Crippen LogP contribution is -2.16. The summed E-state index contributed by atoms with van der Waals surface area (Å²) in [5.74, 6) is -0.391. The van der Waals surface area contributed by atoms with Crippen LogP contribution in [0, 0.1) is 6.92 Å². The number of hydrogen-bond acceptors (Lipinski definition) is 3. The van der Waals surface area contributed by atoms with Crippen LogP contribution in [0.2, 0.25) is 10.0 Å². The van der Waals surface area contributed by atoms with Crippen LogP contribution in [0.5, 0.6) is 0 Å². The van der Waals surface area contributed by atoms with Gasteiger partial charge in [0.25, 0.3) is 5.91 Å². The molecule has 2 aromatic rings. The predicted octanol–water partition coefficient (Wildman–Crippen LogP) is 3.93. The summed E-state index contributed by atoms with van der Waals surface area (Å²) in [7, 11) is -3.43. The zero-order chi connectivity index (χ0) is 17.2. The molecule has 0 fully saturated rings. The summed E-state index contributed by atoms with van der Waals surface area (Å²) >= 11 is 11.8. The van der Waals surface area contributed by atoms with E-state index in [1.54, 1.807) is 43.3 Å². The molecule has 0 unspecified atom stereocenters. The van der Waals surface area contributed by atoms with Crippen molar-refractivity contribution in [3.8, 4) is 0 Å². The molecule has 8 heteroatoms. The van der Waals surface area contributed by atoms with Crippen LogP contribution in [0.3, 0.4) is 0 Å². The van der Waals surface area contributed by atoms with Gasteiger partial charge < -0.3 is 5.32 Å². The number of anilines is 2. The highest BCUT2D eigenvalue weighted by molar-refractivity contribution is 7.92. The van der Waals surface area contributed by atoms with Crippen LogP contribution in [-0.2, 0) is 10.0 Å². The van der Waals surface area contributed by atoms with E-state index in [4.69, 9.17) is 23.2 Å². The van der Waals surface area contributed by atoms with Crippen LogP contribution in [-0.4, -0.2) is 20.6 Å². The molecule has 0 heterocycles. The summed E-state index contributed by atoms with van der Waals surface area (Å²) in [6, 6.07) is 9.48.